The molecule has 1 heterocycles. The number of hydrogen-bond donors (Lipinski definition) is 2. The van der Waals surface area contributed by atoms with Gasteiger partial charge in [0.25, 0.3) is 0 Å². The van der Waals surface area contributed by atoms with Crippen LogP contribution in [0.5, 0.6) is 0 Å². The van der Waals surface area contributed by atoms with Crippen molar-refractivity contribution in [3.05, 3.63) is 18.0 Å². The highest BCUT2D eigenvalue weighted by Crippen LogP contribution is 2.13. The molecule has 11 heavy (non-hydrogen) atoms. The van der Waals surface area contributed by atoms with E-state index in [2.05, 4.69) is 5.10 Å². The van der Waals surface area contributed by atoms with Crippen LogP contribution in [0.3, 0.4) is 0 Å². The number of aliphatic hydroxyl groups excluding tert-OH is 1. The summed E-state index contributed by atoms with van der Waals surface area (Å²) in [5.74, 6) is 0. The molecule has 1 aromatic heterocycles. The highest BCUT2D eigenvalue weighted by Gasteiger charge is 2.08. The topological polar surface area (TPSA) is 64.1 Å². The van der Waals surface area contributed by atoms with E-state index in [0.717, 1.165) is 5.69 Å². The van der Waals surface area contributed by atoms with Crippen LogP contribution in [0.1, 0.15) is 18.2 Å². The molecule has 4 heteroatoms. The molecule has 0 aliphatic carbocycles. The van der Waals surface area contributed by atoms with Crippen LogP contribution in [0.2, 0.25) is 0 Å². The van der Waals surface area contributed by atoms with Crippen LogP contribution in [0.15, 0.2) is 12.3 Å². The minimum Gasteiger partial charge on any atom is -0.387 e. The molecule has 62 valence electrons. The summed E-state index contributed by atoms with van der Waals surface area (Å²) in [5.41, 5.74) is 6.11. The largest absolute Gasteiger partial charge is 0.387 e. The van der Waals surface area contributed by atoms with Crippen LogP contribution in [-0.2, 0) is 7.05 Å². The van der Waals surface area contributed by atoms with E-state index in [-0.39, 0.29) is 0 Å². The Balaban J connectivity index is 2.67. The molecular formula is C7H13N3O. The maximum atomic E-state index is 9.45. The van der Waals surface area contributed by atoms with Gasteiger partial charge in [-0.25, -0.2) is 0 Å². The first-order valence-electron chi connectivity index (χ1n) is 3.61. The molecule has 0 spiro atoms. The summed E-state index contributed by atoms with van der Waals surface area (Å²) in [6.07, 6.45) is 1.77. The number of aryl methyl sites for hydroxylation is 1. The Bertz CT molecular complexity index is 221. The second kappa shape index (κ2) is 3.50. The summed E-state index contributed by atoms with van der Waals surface area (Å²) in [4.78, 5) is 0. The van der Waals surface area contributed by atoms with Gasteiger partial charge < -0.3 is 10.8 Å². The van der Waals surface area contributed by atoms with Crippen LogP contribution in [0.4, 0.5) is 0 Å². The molecule has 1 atom stereocenters. The van der Waals surface area contributed by atoms with E-state index in [1.165, 1.54) is 0 Å². The van der Waals surface area contributed by atoms with E-state index >= 15 is 0 Å². The van der Waals surface area contributed by atoms with Gasteiger partial charge in [-0.2, -0.15) is 5.10 Å². The normalized spacial score (nSPS) is 13.4. The molecule has 0 saturated heterocycles. The quantitative estimate of drug-likeness (QED) is 0.635. The third-order valence-corrected chi connectivity index (χ3v) is 1.64. The molecule has 0 aliphatic rings. The summed E-state index contributed by atoms with van der Waals surface area (Å²) < 4.78 is 1.65. The van der Waals surface area contributed by atoms with Crippen molar-refractivity contribution < 1.29 is 5.11 Å². The van der Waals surface area contributed by atoms with Gasteiger partial charge in [-0.1, -0.05) is 0 Å². The zero-order valence-corrected chi connectivity index (χ0v) is 6.57. The zero-order valence-electron chi connectivity index (χ0n) is 6.57. The fourth-order valence-electron chi connectivity index (χ4n) is 1.02. The number of aliphatic hydroxyl groups is 1. The predicted molar refractivity (Wildman–Crippen MR) is 41.8 cm³/mol. The van der Waals surface area contributed by atoms with Crippen LogP contribution >= 0.6 is 0 Å². The Morgan fingerprint density at radius 1 is 1.82 bits per heavy atom. The van der Waals surface area contributed by atoms with E-state index < -0.39 is 6.10 Å². The minimum absolute atomic E-state index is 0.479. The Labute approximate surface area is 65.6 Å². The molecule has 0 fully saturated rings. The van der Waals surface area contributed by atoms with Gasteiger partial charge in [-0.15, -0.1) is 0 Å². The second-order valence-corrected chi connectivity index (χ2v) is 2.47. The molecule has 1 rings (SSSR count). The minimum atomic E-state index is -0.479. The van der Waals surface area contributed by atoms with E-state index in [0.29, 0.717) is 13.0 Å². The van der Waals surface area contributed by atoms with Gasteiger partial charge in [-0.3, -0.25) is 4.68 Å². The van der Waals surface area contributed by atoms with Crippen LogP contribution in [0, 0.1) is 0 Å². The average molecular weight is 155 g/mol. The van der Waals surface area contributed by atoms with Crippen molar-refractivity contribution in [1.82, 2.24) is 9.78 Å². The van der Waals surface area contributed by atoms with Gasteiger partial charge in [0.15, 0.2) is 0 Å². The molecule has 0 aromatic carbocycles. The van der Waals surface area contributed by atoms with E-state index in [9.17, 15) is 5.11 Å². The van der Waals surface area contributed by atoms with Crippen LogP contribution < -0.4 is 5.73 Å². The number of aromatic nitrogens is 2. The second-order valence-electron chi connectivity index (χ2n) is 2.47. The molecule has 1 aromatic rings. The van der Waals surface area contributed by atoms with Gasteiger partial charge in [0, 0.05) is 13.2 Å². The van der Waals surface area contributed by atoms with Gasteiger partial charge >= 0.3 is 0 Å². The Morgan fingerprint density at radius 2 is 2.55 bits per heavy atom. The van der Waals surface area contributed by atoms with E-state index in [1.54, 1.807) is 24.0 Å². The van der Waals surface area contributed by atoms with Crippen molar-refractivity contribution >= 4 is 0 Å². The summed E-state index contributed by atoms with van der Waals surface area (Å²) in [6, 6.07) is 1.79. The molecule has 4 nitrogen and oxygen atoms in total. The lowest BCUT2D eigenvalue weighted by Gasteiger charge is -2.08. The lowest BCUT2D eigenvalue weighted by Crippen LogP contribution is -2.10. The van der Waals surface area contributed by atoms with Crippen molar-refractivity contribution in [3.63, 3.8) is 0 Å². The highest BCUT2D eigenvalue weighted by atomic mass is 16.3. The fourth-order valence-corrected chi connectivity index (χ4v) is 1.02. The van der Waals surface area contributed by atoms with Crippen molar-refractivity contribution in [1.29, 1.82) is 0 Å². The smallest absolute Gasteiger partial charge is 0.0968 e. The molecule has 3 N–H and O–H groups in total. The zero-order chi connectivity index (χ0) is 8.27. The van der Waals surface area contributed by atoms with Crippen molar-refractivity contribution in [2.45, 2.75) is 12.5 Å². The SMILES string of the molecule is Cn1nccc1[C@@H](O)CCN. The Hall–Kier alpha value is -0.870. The van der Waals surface area contributed by atoms with Gasteiger partial charge in [0.05, 0.1) is 11.8 Å². The summed E-state index contributed by atoms with van der Waals surface area (Å²) >= 11 is 0. The predicted octanol–water partition coefficient (Wildman–Crippen LogP) is -0.198. The van der Waals surface area contributed by atoms with E-state index in [1.807, 2.05) is 0 Å². The van der Waals surface area contributed by atoms with Crippen molar-refractivity contribution in [2.75, 3.05) is 6.54 Å². The van der Waals surface area contributed by atoms with Gasteiger partial charge in [-0.05, 0) is 19.0 Å². The van der Waals surface area contributed by atoms with Gasteiger partial charge in [0.1, 0.15) is 0 Å². The molecule has 0 amide bonds. The number of rotatable bonds is 3. The third-order valence-electron chi connectivity index (χ3n) is 1.64. The Kier molecular flexibility index (Phi) is 2.62. The summed E-state index contributed by atoms with van der Waals surface area (Å²) in [5, 5.41) is 13.4. The van der Waals surface area contributed by atoms with Crippen molar-refractivity contribution in [2.24, 2.45) is 12.8 Å². The molecule has 0 saturated carbocycles. The molecule has 0 unspecified atom stereocenters. The average Bonchev–Trinajstić information content (AvgIpc) is 2.36. The Morgan fingerprint density at radius 3 is 3.00 bits per heavy atom. The monoisotopic (exact) mass is 155 g/mol. The maximum Gasteiger partial charge on any atom is 0.0968 e. The van der Waals surface area contributed by atoms with Crippen LogP contribution in [-0.4, -0.2) is 21.4 Å². The standard InChI is InChI=1S/C7H13N3O/c1-10-6(3-5-9-10)7(11)2-4-8/h3,5,7,11H,2,4,8H2,1H3/t7-/m0/s1. The summed E-state index contributed by atoms with van der Waals surface area (Å²) in [7, 11) is 1.80. The number of hydrogen-bond acceptors (Lipinski definition) is 3. The molecule has 0 aliphatic heterocycles. The van der Waals surface area contributed by atoms with Crippen LogP contribution in [0.25, 0.3) is 0 Å². The van der Waals surface area contributed by atoms with E-state index in [4.69, 9.17) is 5.73 Å². The molecule has 0 radical (unpaired) electrons. The number of nitrogens with two attached hydrogens (primary N) is 1. The van der Waals surface area contributed by atoms with Gasteiger partial charge in [0.2, 0.25) is 0 Å². The lowest BCUT2D eigenvalue weighted by atomic mass is 10.2. The molecular weight excluding hydrogens is 142 g/mol. The number of nitrogens with zero attached hydrogens (tertiary/aromatic N) is 2. The van der Waals surface area contributed by atoms with Crippen molar-refractivity contribution in [3.8, 4) is 0 Å². The first kappa shape index (κ1) is 8.23. The third kappa shape index (κ3) is 1.78. The maximum absolute atomic E-state index is 9.45. The fraction of sp³-hybridized carbons (Fsp3) is 0.571. The first-order valence-corrected chi connectivity index (χ1v) is 3.61. The summed E-state index contributed by atoms with van der Waals surface area (Å²) in [6.45, 7) is 0.492. The molecule has 0 bridgehead atoms. The first-order chi connectivity index (χ1) is 5.25. The lowest BCUT2D eigenvalue weighted by molar-refractivity contribution is 0.160. The highest BCUT2D eigenvalue weighted by molar-refractivity contribution is 5.03.